The summed E-state index contributed by atoms with van der Waals surface area (Å²) in [6, 6.07) is 0. The van der Waals surface area contributed by atoms with Gasteiger partial charge in [0.1, 0.15) is 0 Å². The Morgan fingerprint density at radius 1 is 1.60 bits per heavy atom. The highest BCUT2D eigenvalue weighted by Gasteiger charge is 2.32. The molecule has 0 aromatic heterocycles. The van der Waals surface area contributed by atoms with Crippen molar-refractivity contribution in [1.82, 2.24) is 10.3 Å². The number of nitrogens with one attached hydrogen (secondary N) is 1. The lowest BCUT2D eigenvalue weighted by molar-refractivity contribution is -0.725. The highest BCUT2D eigenvalue weighted by Crippen LogP contribution is 2.18. The molecular weight excluding hydrogens is 196 g/mol. The molecule has 1 rings (SSSR count). The van der Waals surface area contributed by atoms with Gasteiger partial charge in [-0.3, -0.25) is 0 Å². The van der Waals surface area contributed by atoms with Crippen molar-refractivity contribution in [2.24, 2.45) is 11.2 Å². The molecule has 88 valence electrons. The third kappa shape index (κ3) is 3.23. The van der Waals surface area contributed by atoms with Gasteiger partial charge in [-0.05, 0) is 46.2 Å². The van der Waals surface area contributed by atoms with Crippen LogP contribution in [0, 0.1) is 11.1 Å². The van der Waals surface area contributed by atoms with E-state index in [4.69, 9.17) is 5.21 Å². The maximum absolute atomic E-state index is 11.4. The van der Waals surface area contributed by atoms with Gasteiger partial charge in [0.25, 0.3) is 0 Å². The van der Waals surface area contributed by atoms with Crippen LogP contribution in [0.25, 0.3) is 0 Å². The molecule has 0 aromatic rings. The summed E-state index contributed by atoms with van der Waals surface area (Å²) in [5.41, 5.74) is -0.337. The fourth-order valence-electron chi connectivity index (χ4n) is 1.76. The molecule has 0 radical (unpaired) electrons. The van der Waals surface area contributed by atoms with Crippen molar-refractivity contribution in [3.8, 4) is 0 Å². The first-order valence-electron chi connectivity index (χ1n) is 5.25. The Kier molecular flexibility index (Phi) is 3.73. The lowest BCUT2D eigenvalue weighted by atomic mass is 10.0. The maximum Gasteiger partial charge on any atom is 0.230 e. The van der Waals surface area contributed by atoms with Crippen molar-refractivity contribution in [2.45, 2.75) is 32.7 Å². The van der Waals surface area contributed by atoms with Crippen LogP contribution in [-0.2, 0) is 0 Å². The fourth-order valence-corrected chi connectivity index (χ4v) is 1.76. The lowest BCUT2D eigenvalue weighted by Crippen LogP contribution is -2.48. The lowest BCUT2D eigenvalue weighted by Gasteiger charge is -2.31. The van der Waals surface area contributed by atoms with E-state index in [1.165, 1.54) is 5.01 Å². The smallest absolute Gasteiger partial charge is 0.230 e. The quantitative estimate of drug-likeness (QED) is 0.418. The normalized spacial score (nSPS) is 23.1. The molecule has 15 heavy (non-hydrogen) atoms. The van der Waals surface area contributed by atoms with Crippen LogP contribution >= 0.6 is 0 Å². The third-order valence-electron chi connectivity index (χ3n) is 2.65. The number of rotatable bonds is 3. The van der Waals surface area contributed by atoms with E-state index in [0.29, 0.717) is 12.5 Å². The van der Waals surface area contributed by atoms with Crippen LogP contribution in [0.2, 0.25) is 0 Å². The SMILES string of the molecule is CC(C)(C)N(C[C@@H]1CCNC1)[N+]([O-])=NO. The van der Waals surface area contributed by atoms with Crippen molar-refractivity contribution in [2.75, 3.05) is 19.6 Å². The van der Waals surface area contributed by atoms with E-state index in [9.17, 15) is 5.21 Å². The molecular formula is C9H20N4O2. The molecule has 1 heterocycles. The summed E-state index contributed by atoms with van der Waals surface area (Å²) in [6.45, 7) is 8.30. The van der Waals surface area contributed by atoms with Gasteiger partial charge in [0.2, 0.25) is 5.28 Å². The number of hydrazine groups is 1. The molecule has 0 spiro atoms. The summed E-state index contributed by atoms with van der Waals surface area (Å²) in [6.07, 6.45) is 1.06. The van der Waals surface area contributed by atoms with Gasteiger partial charge in [0, 0.05) is 0 Å². The molecule has 0 aromatic carbocycles. The number of hydrogen-bond acceptors (Lipinski definition) is 3. The largest absolute Gasteiger partial charge is 0.569 e. The summed E-state index contributed by atoms with van der Waals surface area (Å²) in [7, 11) is 0. The average Bonchev–Trinajstić information content (AvgIpc) is 2.63. The highest BCUT2D eigenvalue weighted by molar-refractivity contribution is 4.77. The summed E-state index contributed by atoms with van der Waals surface area (Å²) in [4.78, 5) is 0.276. The summed E-state index contributed by atoms with van der Waals surface area (Å²) < 4.78 is 0. The van der Waals surface area contributed by atoms with Crippen molar-refractivity contribution < 1.29 is 10.2 Å². The Bertz CT molecular complexity index is 231. The molecule has 6 heteroatoms. The highest BCUT2D eigenvalue weighted by atomic mass is 16.6. The van der Waals surface area contributed by atoms with Gasteiger partial charge in [-0.2, -0.15) is 0 Å². The molecule has 2 N–H and O–H groups in total. The first kappa shape index (κ1) is 12.0. The molecule has 0 saturated carbocycles. The topological polar surface area (TPSA) is 73.9 Å². The maximum atomic E-state index is 11.4. The Morgan fingerprint density at radius 2 is 2.27 bits per heavy atom. The molecule has 6 nitrogen and oxygen atoms in total. The fraction of sp³-hybridized carbons (Fsp3) is 1.00. The van der Waals surface area contributed by atoms with Crippen LogP contribution in [0.15, 0.2) is 5.28 Å². The Hall–Kier alpha value is -1.04. The van der Waals surface area contributed by atoms with Crippen LogP contribution in [0.4, 0.5) is 0 Å². The second-order valence-electron chi connectivity index (χ2n) is 4.95. The van der Waals surface area contributed by atoms with Gasteiger partial charge < -0.3 is 15.7 Å². The van der Waals surface area contributed by atoms with E-state index >= 15 is 0 Å². The standard InChI is InChI=1S/C9H20N4O2/c1-9(2,3)12(13(15)11-14)7-8-4-5-10-6-8/h8,10,14H,4-7H2,1-3H3/t8-/m1/s1. The van der Waals surface area contributed by atoms with E-state index in [0.717, 1.165) is 19.5 Å². The van der Waals surface area contributed by atoms with Gasteiger partial charge in [-0.15, -0.1) is 5.01 Å². The summed E-state index contributed by atoms with van der Waals surface area (Å²) >= 11 is 0. The van der Waals surface area contributed by atoms with E-state index in [1.54, 1.807) is 0 Å². The second kappa shape index (κ2) is 4.65. The molecule has 1 atom stereocenters. The molecule has 0 aliphatic carbocycles. The summed E-state index contributed by atoms with van der Waals surface area (Å²) in [5.74, 6) is 0.447. The molecule has 1 saturated heterocycles. The molecule has 1 aliphatic heterocycles. The first-order valence-corrected chi connectivity index (χ1v) is 5.25. The molecule has 0 bridgehead atoms. The first-order chi connectivity index (χ1) is 6.95. The van der Waals surface area contributed by atoms with E-state index in [2.05, 4.69) is 10.6 Å². The number of nitrogens with zero attached hydrogens (tertiary/aromatic N) is 3. The minimum atomic E-state index is -0.337. The minimum Gasteiger partial charge on any atom is -0.569 e. The van der Waals surface area contributed by atoms with Crippen molar-refractivity contribution in [3.05, 3.63) is 5.21 Å². The number of hydrogen-bond donors (Lipinski definition) is 2. The van der Waals surface area contributed by atoms with Crippen molar-refractivity contribution in [3.63, 3.8) is 0 Å². The second-order valence-corrected chi connectivity index (χ2v) is 4.95. The summed E-state index contributed by atoms with van der Waals surface area (Å²) in [5, 5.41) is 27.3. The third-order valence-corrected chi connectivity index (χ3v) is 2.65. The van der Waals surface area contributed by atoms with E-state index in [-0.39, 0.29) is 10.5 Å². The Balaban J connectivity index is 2.64. The zero-order chi connectivity index (χ0) is 11.5. The molecule has 1 aliphatic rings. The zero-order valence-corrected chi connectivity index (χ0v) is 9.60. The van der Waals surface area contributed by atoms with Crippen LogP contribution < -0.4 is 5.32 Å². The van der Waals surface area contributed by atoms with Crippen LogP contribution in [0.1, 0.15) is 27.2 Å². The van der Waals surface area contributed by atoms with Crippen molar-refractivity contribution in [1.29, 1.82) is 0 Å². The Labute approximate surface area is 90.1 Å². The molecule has 0 amide bonds. The van der Waals surface area contributed by atoms with Gasteiger partial charge in [-0.25, -0.2) is 0 Å². The van der Waals surface area contributed by atoms with Crippen LogP contribution in [0.3, 0.4) is 0 Å². The van der Waals surface area contributed by atoms with Gasteiger partial charge in [0.05, 0.1) is 17.1 Å². The zero-order valence-electron chi connectivity index (χ0n) is 9.60. The van der Waals surface area contributed by atoms with Crippen LogP contribution in [-0.4, -0.2) is 40.4 Å². The Morgan fingerprint density at radius 3 is 2.67 bits per heavy atom. The average molecular weight is 216 g/mol. The minimum absolute atomic E-state index is 0.276. The van der Waals surface area contributed by atoms with Crippen LogP contribution in [0.5, 0.6) is 0 Å². The molecule has 0 unspecified atom stereocenters. The van der Waals surface area contributed by atoms with E-state index < -0.39 is 0 Å². The van der Waals surface area contributed by atoms with E-state index in [1.807, 2.05) is 20.8 Å². The predicted molar refractivity (Wildman–Crippen MR) is 55.3 cm³/mol. The monoisotopic (exact) mass is 216 g/mol. The molecule has 1 fully saturated rings. The van der Waals surface area contributed by atoms with Gasteiger partial charge >= 0.3 is 0 Å². The van der Waals surface area contributed by atoms with Crippen molar-refractivity contribution >= 4 is 0 Å². The van der Waals surface area contributed by atoms with Gasteiger partial charge in [0.15, 0.2) is 0 Å². The van der Waals surface area contributed by atoms with Gasteiger partial charge in [-0.1, -0.05) is 0 Å². The predicted octanol–water partition coefficient (Wildman–Crippen LogP) is 0.963.